The van der Waals surface area contributed by atoms with Crippen molar-refractivity contribution in [2.45, 2.75) is 12.8 Å². The number of hydrogen-bond donors (Lipinski definition) is 0. The lowest BCUT2D eigenvalue weighted by atomic mass is 10.1. The first-order valence-corrected chi connectivity index (χ1v) is 7.15. The number of hydrogen-bond acceptors (Lipinski definition) is 3. The summed E-state index contributed by atoms with van der Waals surface area (Å²) in [5, 5.41) is 0.503. The average Bonchev–Trinajstić information content (AvgIpc) is 2.47. The Labute approximate surface area is 124 Å². The first-order chi connectivity index (χ1) is 9.72. The van der Waals surface area contributed by atoms with E-state index in [0.29, 0.717) is 23.2 Å². The van der Waals surface area contributed by atoms with Gasteiger partial charge in [0.2, 0.25) is 0 Å². The number of aromatic nitrogens is 1. The quantitative estimate of drug-likeness (QED) is 0.735. The summed E-state index contributed by atoms with van der Waals surface area (Å²) in [4.78, 5) is 16.3. The molecule has 20 heavy (non-hydrogen) atoms. The highest BCUT2D eigenvalue weighted by atomic mass is 79.9. The van der Waals surface area contributed by atoms with E-state index in [1.54, 1.807) is 6.07 Å². The van der Waals surface area contributed by atoms with Gasteiger partial charge in [0.1, 0.15) is 0 Å². The number of halogens is 1. The molecule has 2 aromatic carbocycles. The van der Waals surface area contributed by atoms with E-state index < -0.39 is 0 Å². The lowest BCUT2D eigenvalue weighted by Gasteiger charge is -2.02. The SMILES string of the molecule is O=c1oc(CCc2ccccc2)nc2ccc(Br)cc12. The molecule has 0 saturated carbocycles. The van der Waals surface area contributed by atoms with Gasteiger partial charge in [0.25, 0.3) is 0 Å². The van der Waals surface area contributed by atoms with Crippen molar-refractivity contribution in [3.63, 3.8) is 0 Å². The van der Waals surface area contributed by atoms with Crippen molar-refractivity contribution in [1.82, 2.24) is 4.98 Å². The molecule has 0 bridgehead atoms. The maximum atomic E-state index is 11.9. The monoisotopic (exact) mass is 329 g/mol. The predicted molar refractivity (Wildman–Crippen MR) is 81.8 cm³/mol. The van der Waals surface area contributed by atoms with Gasteiger partial charge in [-0.25, -0.2) is 9.78 Å². The van der Waals surface area contributed by atoms with Crippen LogP contribution in [0.25, 0.3) is 10.9 Å². The van der Waals surface area contributed by atoms with Crippen LogP contribution in [0.1, 0.15) is 11.5 Å². The van der Waals surface area contributed by atoms with Crippen LogP contribution in [0.15, 0.2) is 62.2 Å². The maximum Gasteiger partial charge on any atom is 0.346 e. The Bertz CT molecular complexity index is 796. The summed E-state index contributed by atoms with van der Waals surface area (Å²) in [7, 11) is 0. The zero-order chi connectivity index (χ0) is 13.9. The normalized spacial score (nSPS) is 10.8. The van der Waals surface area contributed by atoms with Gasteiger partial charge in [-0.15, -0.1) is 0 Å². The first kappa shape index (κ1) is 13.1. The zero-order valence-corrected chi connectivity index (χ0v) is 12.3. The van der Waals surface area contributed by atoms with Crippen molar-refractivity contribution >= 4 is 26.8 Å². The highest BCUT2D eigenvalue weighted by molar-refractivity contribution is 9.10. The Morgan fingerprint density at radius 2 is 1.85 bits per heavy atom. The Hall–Kier alpha value is -1.94. The molecule has 0 atom stereocenters. The minimum absolute atomic E-state index is 0.334. The molecule has 0 N–H and O–H groups in total. The molecule has 0 fully saturated rings. The van der Waals surface area contributed by atoms with Crippen LogP contribution in [0.5, 0.6) is 0 Å². The third kappa shape index (κ3) is 2.80. The van der Waals surface area contributed by atoms with E-state index in [0.717, 1.165) is 10.9 Å². The standard InChI is InChI=1S/C16H12BrNO2/c17-12-7-8-14-13(10-12)16(19)20-15(18-14)9-6-11-4-2-1-3-5-11/h1-5,7-8,10H,6,9H2. The van der Waals surface area contributed by atoms with Crippen LogP contribution in [0.3, 0.4) is 0 Å². The molecule has 1 aromatic heterocycles. The molecule has 0 aliphatic carbocycles. The molecule has 0 radical (unpaired) electrons. The topological polar surface area (TPSA) is 43.1 Å². The molecule has 3 aromatic rings. The lowest BCUT2D eigenvalue weighted by Crippen LogP contribution is -2.06. The van der Waals surface area contributed by atoms with Crippen LogP contribution in [0.2, 0.25) is 0 Å². The number of benzene rings is 2. The van der Waals surface area contributed by atoms with E-state index >= 15 is 0 Å². The van der Waals surface area contributed by atoms with Gasteiger partial charge in [-0.3, -0.25) is 0 Å². The maximum absolute atomic E-state index is 11.9. The summed E-state index contributed by atoms with van der Waals surface area (Å²) in [6.07, 6.45) is 1.42. The Kier molecular flexibility index (Phi) is 3.65. The van der Waals surface area contributed by atoms with Crippen LogP contribution in [-0.4, -0.2) is 4.98 Å². The molecular formula is C16H12BrNO2. The van der Waals surface area contributed by atoms with Crippen molar-refractivity contribution in [3.05, 3.63) is 74.9 Å². The van der Waals surface area contributed by atoms with E-state index in [1.807, 2.05) is 30.3 Å². The molecular weight excluding hydrogens is 318 g/mol. The van der Waals surface area contributed by atoms with Crippen molar-refractivity contribution in [2.24, 2.45) is 0 Å². The molecule has 100 valence electrons. The summed E-state index contributed by atoms with van der Waals surface area (Å²) in [5.41, 5.74) is 1.54. The highest BCUT2D eigenvalue weighted by Crippen LogP contribution is 2.16. The molecule has 0 spiro atoms. The molecule has 1 heterocycles. The van der Waals surface area contributed by atoms with Gasteiger partial charge in [0, 0.05) is 10.9 Å². The molecule has 3 rings (SSSR count). The van der Waals surface area contributed by atoms with Crippen LogP contribution in [0, 0.1) is 0 Å². The minimum atomic E-state index is -0.334. The van der Waals surface area contributed by atoms with E-state index in [1.165, 1.54) is 5.56 Å². The molecule has 0 saturated heterocycles. The Morgan fingerprint density at radius 1 is 1.05 bits per heavy atom. The summed E-state index contributed by atoms with van der Waals surface area (Å²) < 4.78 is 6.12. The van der Waals surface area contributed by atoms with Crippen LogP contribution < -0.4 is 5.63 Å². The third-order valence-corrected chi connectivity index (χ3v) is 3.60. The van der Waals surface area contributed by atoms with Crippen molar-refractivity contribution in [1.29, 1.82) is 0 Å². The van der Waals surface area contributed by atoms with E-state index in [-0.39, 0.29) is 5.63 Å². The van der Waals surface area contributed by atoms with Crippen molar-refractivity contribution in [3.8, 4) is 0 Å². The minimum Gasteiger partial charge on any atom is -0.408 e. The summed E-state index contributed by atoms with van der Waals surface area (Å²) in [6.45, 7) is 0. The smallest absolute Gasteiger partial charge is 0.346 e. The van der Waals surface area contributed by atoms with Crippen LogP contribution >= 0.6 is 15.9 Å². The van der Waals surface area contributed by atoms with Gasteiger partial charge in [-0.2, -0.15) is 0 Å². The molecule has 3 nitrogen and oxygen atoms in total. The fraction of sp³-hybridized carbons (Fsp3) is 0.125. The summed E-state index contributed by atoms with van der Waals surface area (Å²) in [5.74, 6) is 0.480. The summed E-state index contributed by atoms with van der Waals surface area (Å²) >= 11 is 3.34. The van der Waals surface area contributed by atoms with Crippen molar-refractivity contribution < 1.29 is 4.42 Å². The second kappa shape index (κ2) is 5.59. The lowest BCUT2D eigenvalue weighted by molar-refractivity contribution is 0.443. The second-order valence-corrected chi connectivity index (χ2v) is 5.46. The Balaban J connectivity index is 1.89. The van der Waals surface area contributed by atoms with Gasteiger partial charge < -0.3 is 4.42 Å². The van der Waals surface area contributed by atoms with Crippen LogP contribution in [0.4, 0.5) is 0 Å². The predicted octanol–water partition coefficient (Wildman–Crippen LogP) is 3.74. The van der Waals surface area contributed by atoms with Crippen LogP contribution in [-0.2, 0) is 12.8 Å². The first-order valence-electron chi connectivity index (χ1n) is 6.35. The number of aryl methyl sites for hydroxylation is 2. The number of fused-ring (bicyclic) bond motifs is 1. The third-order valence-electron chi connectivity index (χ3n) is 3.10. The van der Waals surface area contributed by atoms with Gasteiger partial charge in [-0.1, -0.05) is 46.3 Å². The molecule has 0 unspecified atom stereocenters. The number of nitrogens with zero attached hydrogens (tertiary/aromatic N) is 1. The van der Waals surface area contributed by atoms with Gasteiger partial charge in [0.15, 0.2) is 5.89 Å². The molecule has 0 aliphatic heterocycles. The van der Waals surface area contributed by atoms with Gasteiger partial charge in [0.05, 0.1) is 10.9 Å². The summed E-state index contributed by atoms with van der Waals surface area (Å²) in [6, 6.07) is 15.5. The highest BCUT2D eigenvalue weighted by Gasteiger charge is 2.07. The van der Waals surface area contributed by atoms with Gasteiger partial charge >= 0.3 is 5.63 Å². The Morgan fingerprint density at radius 3 is 2.65 bits per heavy atom. The molecule has 0 amide bonds. The average molecular weight is 330 g/mol. The van der Waals surface area contributed by atoms with Crippen molar-refractivity contribution in [2.75, 3.05) is 0 Å². The molecule has 4 heteroatoms. The zero-order valence-electron chi connectivity index (χ0n) is 10.7. The van der Waals surface area contributed by atoms with E-state index in [2.05, 4.69) is 33.0 Å². The van der Waals surface area contributed by atoms with Gasteiger partial charge in [-0.05, 0) is 30.2 Å². The van der Waals surface area contributed by atoms with E-state index in [9.17, 15) is 4.79 Å². The fourth-order valence-corrected chi connectivity index (χ4v) is 2.45. The second-order valence-electron chi connectivity index (χ2n) is 4.54. The fourth-order valence-electron chi connectivity index (χ4n) is 2.09. The largest absolute Gasteiger partial charge is 0.408 e. The molecule has 0 aliphatic rings. The number of rotatable bonds is 3. The van der Waals surface area contributed by atoms with E-state index in [4.69, 9.17) is 4.42 Å².